The van der Waals surface area contributed by atoms with Crippen LogP contribution in [0.25, 0.3) is 0 Å². The average Bonchev–Trinajstić information content (AvgIpc) is 2.29. The van der Waals surface area contributed by atoms with E-state index in [2.05, 4.69) is 27.3 Å². The SMILES string of the molecule is CCC1(CNC(=NC)NCCNS(C)(=O)=O)CCC1. The second-order valence-electron chi connectivity index (χ2n) is 5.23. The van der Waals surface area contributed by atoms with Crippen molar-refractivity contribution in [1.29, 1.82) is 0 Å². The molecule has 0 atom stereocenters. The third kappa shape index (κ3) is 5.78. The lowest BCUT2D eigenvalue weighted by atomic mass is 9.67. The fourth-order valence-electron chi connectivity index (χ4n) is 2.24. The van der Waals surface area contributed by atoms with E-state index in [1.165, 1.54) is 25.7 Å². The van der Waals surface area contributed by atoms with Crippen molar-refractivity contribution in [3.63, 3.8) is 0 Å². The molecule has 0 heterocycles. The zero-order valence-electron chi connectivity index (χ0n) is 12.1. The fourth-order valence-corrected chi connectivity index (χ4v) is 2.71. The van der Waals surface area contributed by atoms with Gasteiger partial charge in [0.2, 0.25) is 10.0 Å². The van der Waals surface area contributed by atoms with Gasteiger partial charge in [-0.2, -0.15) is 0 Å². The Hall–Kier alpha value is -0.820. The van der Waals surface area contributed by atoms with Crippen LogP contribution in [0, 0.1) is 5.41 Å². The molecular weight excluding hydrogens is 264 g/mol. The van der Waals surface area contributed by atoms with Crippen molar-refractivity contribution in [3.05, 3.63) is 0 Å². The number of hydrogen-bond donors (Lipinski definition) is 3. The predicted molar refractivity (Wildman–Crippen MR) is 78.8 cm³/mol. The predicted octanol–water partition coefficient (Wildman–Crippen LogP) is 0.281. The Labute approximate surface area is 116 Å². The first-order valence-electron chi connectivity index (χ1n) is 6.80. The molecule has 0 aromatic heterocycles. The van der Waals surface area contributed by atoms with E-state index in [-0.39, 0.29) is 0 Å². The third-order valence-electron chi connectivity index (χ3n) is 3.80. The van der Waals surface area contributed by atoms with Crippen LogP contribution in [0.3, 0.4) is 0 Å². The molecule has 1 fully saturated rings. The lowest BCUT2D eigenvalue weighted by Gasteiger charge is -2.41. The zero-order valence-corrected chi connectivity index (χ0v) is 12.9. The Balaban J connectivity index is 2.23. The van der Waals surface area contributed by atoms with Crippen LogP contribution in [-0.2, 0) is 10.0 Å². The minimum atomic E-state index is -3.11. The summed E-state index contributed by atoms with van der Waals surface area (Å²) in [6, 6.07) is 0. The number of sulfonamides is 1. The molecule has 1 aliphatic rings. The van der Waals surface area contributed by atoms with Crippen LogP contribution in [0.5, 0.6) is 0 Å². The van der Waals surface area contributed by atoms with Crippen LogP contribution in [-0.4, -0.2) is 47.3 Å². The summed E-state index contributed by atoms with van der Waals surface area (Å²) in [7, 11) is -1.39. The average molecular weight is 290 g/mol. The molecule has 19 heavy (non-hydrogen) atoms. The molecule has 1 aliphatic carbocycles. The lowest BCUT2D eigenvalue weighted by Crippen LogP contribution is -2.47. The molecule has 0 bridgehead atoms. The molecule has 3 N–H and O–H groups in total. The number of nitrogens with one attached hydrogen (secondary N) is 3. The first-order valence-corrected chi connectivity index (χ1v) is 8.69. The second-order valence-corrected chi connectivity index (χ2v) is 7.06. The van der Waals surface area contributed by atoms with Gasteiger partial charge >= 0.3 is 0 Å². The quantitative estimate of drug-likeness (QED) is 0.357. The molecule has 0 aliphatic heterocycles. The van der Waals surface area contributed by atoms with Crippen LogP contribution in [0.2, 0.25) is 0 Å². The van der Waals surface area contributed by atoms with Crippen molar-refractivity contribution in [1.82, 2.24) is 15.4 Å². The fraction of sp³-hybridized carbons (Fsp3) is 0.917. The molecule has 7 heteroatoms. The summed E-state index contributed by atoms with van der Waals surface area (Å²) in [5, 5.41) is 6.42. The summed E-state index contributed by atoms with van der Waals surface area (Å²) >= 11 is 0. The Kier molecular flexibility index (Phi) is 6.06. The Bertz CT molecular complexity index is 396. The molecule has 0 saturated heterocycles. The van der Waals surface area contributed by atoms with Crippen LogP contribution in [0.4, 0.5) is 0 Å². The molecule has 112 valence electrons. The number of aliphatic imine (C=N–C) groups is 1. The Morgan fingerprint density at radius 1 is 1.26 bits per heavy atom. The molecule has 0 spiro atoms. The zero-order chi connectivity index (χ0) is 14.4. The summed E-state index contributed by atoms with van der Waals surface area (Å²) in [5.74, 6) is 0.732. The largest absolute Gasteiger partial charge is 0.356 e. The first-order chi connectivity index (χ1) is 8.91. The van der Waals surface area contributed by atoms with E-state index in [4.69, 9.17) is 0 Å². The van der Waals surface area contributed by atoms with Crippen LogP contribution < -0.4 is 15.4 Å². The van der Waals surface area contributed by atoms with Gasteiger partial charge in [-0.25, -0.2) is 13.1 Å². The summed E-state index contributed by atoms with van der Waals surface area (Å²) < 4.78 is 24.2. The molecule has 0 unspecified atom stereocenters. The van der Waals surface area contributed by atoms with Gasteiger partial charge in [0.1, 0.15) is 0 Å². The summed E-state index contributed by atoms with van der Waals surface area (Å²) in [6.07, 6.45) is 6.22. The standard InChI is InChI=1S/C12H26N4O2S/c1-4-12(6-5-7-12)10-15-11(13-2)14-8-9-16-19(3,17)18/h16H,4-10H2,1-3H3,(H2,13,14,15). The summed E-state index contributed by atoms with van der Waals surface area (Å²) in [4.78, 5) is 4.13. The van der Waals surface area contributed by atoms with Gasteiger partial charge in [0.25, 0.3) is 0 Å². The van der Waals surface area contributed by atoms with Gasteiger partial charge in [-0.05, 0) is 24.7 Å². The lowest BCUT2D eigenvalue weighted by molar-refractivity contribution is 0.131. The Morgan fingerprint density at radius 2 is 1.95 bits per heavy atom. The van der Waals surface area contributed by atoms with E-state index in [1.54, 1.807) is 7.05 Å². The molecule has 1 rings (SSSR count). The summed E-state index contributed by atoms with van der Waals surface area (Å²) in [6.45, 7) is 4.04. The number of guanidine groups is 1. The molecule has 0 amide bonds. The van der Waals surface area contributed by atoms with Gasteiger partial charge in [-0.1, -0.05) is 13.3 Å². The van der Waals surface area contributed by atoms with E-state index in [0.29, 0.717) is 18.5 Å². The van der Waals surface area contributed by atoms with Gasteiger partial charge in [-0.15, -0.1) is 0 Å². The van der Waals surface area contributed by atoms with E-state index >= 15 is 0 Å². The molecule has 0 radical (unpaired) electrons. The highest BCUT2D eigenvalue weighted by atomic mass is 32.2. The Morgan fingerprint density at radius 3 is 2.37 bits per heavy atom. The van der Waals surface area contributed by atoms with Gasteiger partial charge in [0.05, 0.1) is 6.26 Å². The van der Waals surface area contributed by atoms with Crippen LogP contribution in [0.1, 0.15) is 32.6 Å². The molecule has 1 saturated carbocycles. The van der Waals surface area contributed by atoms with Crippen molar-refractivity contribution < 1.29 is 8.42 Å². The normalized spacial score (nSPS) is 18.8. The topological polar surface area (TPSA) is 82.6 Å². The van der Waals surface area contributed by atoms with Gasteiger partial charge in [0, 0.05) is 26.7 Å². The van der Waals surface area contributed by atoms with Gasteiger partial charge in [-0.3, -0.25) is 4.99 Å². The first kappa shape index (κ1) is 16.2. The second kappa shape index (κ2) is 7.09. The van der Waals surface area contributed by atoms with E-state index in [1.807, 2.05) is 0 Å². The number of hydrogen-bond acceptors (Lipinski definition) is 3. The smallest absolute Gasteiger partial charge is 0.208 e. The maximum absolute atomic E-state index is 10.9. The highest BCUT2D eigenvalue weighted by Gasteiger charge is 2.34. The van der Waals surface area contributed by atoms with Crippen molar-refractivity contribution in [3.8, 4) is 0 Å². The van der Waals surface area contributed by atoms with Crippen molar-refractivity contribution in [2.75, 3.05) is 32.9 Å². The summed E-state index contributed by atoms with van der Waals surface area (Å²) in [5.41, 5.74) is 0.433. The van der Waals surface area contributed by atoms with Crippen LogP contribution >= 0.6 is 0 Å². The van der Waals surface area contributed by atoms with E-state index in [0.717, 1.165) is 18.8 Å². The van der Waals surface area contributed by atoms with Crippen molar-refractivity contribution in [2.24, 2.45) is 10.4 Å². The molecule has 0 aromatic rings. The van der Waals surface area contributed by atoms with Crippen LogP contribution in [0.15, 0.2) is 4.99 Å². The highest BCUT2D eigenvalue weighted by Crippen LogP contribution is 2.42. The monoisotopic (exact) mass is 290 g/mol. The maximum Gasteiger partial charge on any atom is 0.208 e. The van der Waals surface area contributed by atoms with Gasteiger partial charge < -0.3 is 10.6 Å². The molecule has 6 nitrogen and oxygen atoms in total. The maximum atomic E-state index is 10.9. The molecule has 0 aromatic carbocycles. The van der Waals surface area contributed by atoms with Gasteiger partial charge in [0.15, 0.2) is 5.96 Å². The van der Waals surface area contributed by atoms with Crippen molar-refractivity contribution >= 4 is 16.0 Å². The molecular formula is C12H26N4O2S. The number of rotatable bonds is 7. The van der Waals surface area contributed by atoms with Crippen molar-refractivity contribution in [2.45, 2.75) is 32.6 Å². The number of nitrogens with zero attached hydrogens (tertiary/aromatic N) is 1. The van der Waals surface area contributed by atoms with E-state index < -0.39 is 10.0 Å². The highest BCUT2D eigenvalue weighted by molar-refractivity contribution is 7.88. The minimum Gasteiger partial charge on any atom is -0.356 e. The minimum absolute atomic E-state index is 0.360. The third-order valence-corrected chi connectivity index (χ3v) is 4.53. The van der Waals surface area contributed by atoms with E-state index in [9.17, 15) is 8.42 Å².